The van der Waals surface area contributed by atoms with E-state index in [1.807, 2.05) is 60.0 Å². The molecule has 1 aliphatic rings. The quantitative estimate of drug-likeness (QED) is 0.490. The lowest BCUT2D eigenvalue weighted by Gasteiger charge is -2.16. The van der Waals surface area contributed by atoms with E-state index in [4.69, 9.17) is 11.6 Å². The van der Waals surface area contributed by atoms with Crippen molar-refractivity contribution >= 4 is 46.1 Å². The van der Waals surface area contributed by atoms with Crippen LogP contribution in [0.1, 0.15) is 23.7 Å². The van der Waals surface area contributed by atoms with Crippen LogP contribution >= 0.6 is 11.6 Å². The van der Waals surface area contributed by atoms with Gasteiger partial charge in [-0.2, -0.15) is 0 Å². The molecule has 2 amide bonds. The van der Waals surface area contributed by atoms with E-state index in [0.717, 1.165) is 22.3 Å². The van der Waals surface area contributed by atoms with Crippen LogP contribution in [0.15, 0.2) is 66.9 Å². The maximum absolute atomic E-state index is 13.4. The van der Waals surface area contributed by atoms with Gasteiger partial charge < -0.3 is 5.32 Å². The van der Waals surface area contributed by atoms with Crippen LogP contribution in [0, 0.1) is 6.92 Å². The molecule has 0 spiro atoms. The van der Waals surface area contributed by atoms with Crippen LogP contribution in [0.4, 0.5) is 11.6 Å². The minimum atomic E-state index is -0.694. The zero-order valence-electron chi connectivity index (χ0n) is 17.3. The van der Waals surface area contributed by atoms with Crippen molar-refractivity contribution in [2.75, 3.05) is 10.2 Å². The SMILES string of the molecule is Cc1ccc(Cl)cc1NC(=O)C[C@@H]1C(=O)N(Cc2ccccn2)c2nc3ccccc3n21. The summed E-state index contributed by atoms with van der Waals surface area (Å²) in [7, 11) is 0. The number of para-hydroxylation sites is 2. The van der Waals surface area contributed by atoms with Gasteiger partial charge in [-0.15, -0.1) is 0 Å². The number of nitrogens with one attached hydrogen (secondary N) is 1. The molecule has 0 fully saturated rings. The predicted molar refractivity (Wildman–Crippen MR) is 124 cm³/mol. The molecule has 5 rings (SSSR count). The second kappa shape index (κ2) is 8.09. The minimum absolute atomic E-state index is 0.0170. The van der Waals surface area contributed by atoms with Crippen LogP contribution in [0.25, 0.3) is 11.0 Å². The summed E-state index contributed by atoms with van der Waals surface area (Å²) >= 11 is 6.08. The highest BCUT2D eigenvalue weighted by molar-refractivity contribution is 6.31. The normalized spacial score (nSPS) is 15.2. The molecule has 8 heteroatoms. The predicted octanol–water partition coefficient (Wildman–Crippen LogP) is 4.51. The molecule has 7 nitrogen and oxygen atoms in total. The van der Waals surface area contributed by atoms with Crippen molar-refractivity contribution in [3.8, 4) is 0 Å². The fourth-order valence-electron chi connectivity index (χ4n) is 4.00. The van der Waals surface area contributed by atoms with Crippen LogP contribution in [0.5, 0.6) is 0 Å². The summed E-state index contributed by atoms with van der Waals surface area (Å²) < 4.78 is 1.85. The van der Waals surface area contributed by atoms with E-state index in [2.05, 4.69) is 15.3 Å². The van der Waals surface area contributed by atoms with Gasteiger partial charge in [0.2, 0.25) is 11.9 Å². The molecule has 0 saturated carbocycles. The zero-order valence-corrected chi connectivity index (χ0v) is 18.1. The first-order valence-electron chi connectivity index (χ1n) is 10.3. The van der Waals surface area contributed by atoms with Gasteiger partial charge in [0.25, 0.3) is 5.91 Å². The highest BCUT2D eigenvalue weighted by atomic mass is 35.5. The second-order valence-electron chi connectivity index (χ2n) is 7.74. The monoisotopic (exact) mass is 445 g/mol. The van der Waals surface area contributed by atoms with E-state index in [1.165, 1.54) is 0 Å². The Hall–Kier alpha value is -3.71. The summed E-state index contributed by atoms with van der Waals surface area (Å²) in [5.74, 6) is 0.0811. The molecule has 2 aromatic carbocycles. The Morgan fingerprint density at radius 3 is 2.75 bits per heavy atom. The van der Waals surface area contributed by atoms with Crippen LogP contribution in [0.3, 0.4) is 0 Å². The molecule has 1 N–H and O–H groups in total. The highest BCUT2D eigenvalue weighted by Gasteiger charge is 2.41. The van der Waals surface area contributed by atoms with Gasteiger partial charge in [-0.3, -0.25) is 24.0 Å². The van der Waals surface area contributed by atoms with E-state index in [-0.39, 0.29) is 24.8 Å². The van der Waals surface area contributed by atoms with E-state index >= 15 is 0 Å². The third-order valence-corrected chi connectivity index (χ3v) is 5.82. The Bertz CT molecular complexity index is 1330. The third kappa shape index (κ3) is 3.61. The fraction of sp³-hybridized carbons (Fsp3) is 0.167. The number of benzene rings is 2. The summed E-state index contributed by atoms with van der Waals surface area (Å²) in [4.78, 5) is 37.0. The number of carbonyl (C=O) groups excluding carboxylic acids is 2. The minimum Gasteiger partial charge on any atom is -0.326 e. The van der Waals surface area contributed by atoms with Crippen molar-refractivity contribution in [2.24, 2.45) is 0 Å². The van der Waals surface area contributed by atoms with E-state index in [0.29, 0.717) is 16.7 Å². The number of pyridine rings is 1. The van der Waals surface area contributed by atoms with Gasteiger partial charge in [0.15, 0.2) is 0 Å². The van der Waals surface area contributed by atoms with E-state index in [1.54, 1.807) is 23.2 Å². The van der Waals surface area contributed by atoms with Crippen molar-refractivity contribution in [2.45, 2.75) is 25.9 Å². The number of hydrogen-bond acceptors (Lipinski definition) is 4. The van der Waals surface area contributed by atoms with Crippen molar-refractivity contribution in [1.29, 1.82) is 0 Å². The summed E-state index contributed by atoms with van der Waals surface area (Å²) in [6, 6.07) is 17.8. The number of nitrogens with zero attached hydrogens (tertiary/aromatic N) is 4. The molecular formula is C24H20ClN5O2. The van der Waals surface area contributed by atoms with E-state index in [9.17, 15) is 9.59 Å². The Balaban J connectivity index is 1.48. The smallest absolute Gasteiger partial charge is 0.253 e. The van der Waals surface area contributed by atoms with Crippen LogP contribution < -0.4 is 10.2 Å². The van der Waals surface area contributed by atoms with Gasteiger partial charge >= 0.3 is 0 Å². The number of fused-ring (bicyclic) bond motifs is 3. The molecule has 0 saturated heterocycles. The molecule has 1 aliphatic heterocycles. The largest absolute Gasteiger partial charge is 0.326 e. The third-order valence-electron chi connectivity index (χ3n) is 5.58. The summed E-state index contributed by atoms with van der Waals surface area (Å²) in [6.45, 7) is 2.18. The average Bonchev–Trinajstić information content (AvgIpc) is 3.28. The standard InChI is InChI=1S/C24H20ClN5O2/c1-15-9-10-16(25)12-19(15)27-22(31)13-21-23(32)29(14-17-6-4-5-11-26-17)24-28-18-7-2-3-8-20(18)30(21)24/h2-12,21H,13-14H2,1H3,(H,27,31)/t21-/m1/s1. The molecule has 0 radical (unpaired) electrons. The van der Waals surface area contributed by atoms with Crippen LogP contribution in [0.2, 0.25) is 5.02 Å². The second-order valence-corrected chi connectivity index (χ2v) is 8.18. The molecule has 1 atom stereocenters. The lowest BCUT2D eigenvalue weighted by atomic mass is 10.1. The van der Waals surface area contributed by atoms with Crippen LogP contribution in [-0.2, 0) is 16.1 Å². The zero-order chi connectivity index (χ0) is 22.2. The molecular weight excluding hydrogens is 426 g/mol. The number of aryl methyl sites for hydroxylation is 1. The van der Waals surface area contributed by atoms with Gasteiger partial charge in [-0.1, -0.05) is 35.9 Å². The summed E-state index contributed by atoms with van der Waals surface area (Å²) in [6.07, 6.45) is 1.67. The number of imidazole rings is 1. The summed E-state index contributed by atoms with van der Waals surface area (Å²) in [5, 5.41) is 3.43. The van der Waals surface area contributed by atoms with Crippen molar-refractivity contribution in [1.82, 2.24) is 14.5 Å². The first-order valence-corrected chi connectivity index (χ1v) is 10.6. The molecule has 32 heavy (non-hydrogen) atoms. The highest BCUT2D eigenvalue weighted by Crippen LogP contribution is 2.37. The van der Waals surface area contributed by atoms with Crippen molar-refractivity contribution in [3.63, 3.8) is 0 Å². The number of anilines is 2. The topological polar surface area (TPSA) is 80.1 Å². The Morgan fingerprint density at radius 2 is 1.94 bits per heavy atom. The van der Waals surface area contributed by atoms with E-state index < -0.39 is 6.04 Å². The molecule has 160 valence electrons. The van der Waals surface area contributed by atoms with Crippen LogP contribution in [-0.4, -0.2) is 26.3 Å². The lowest BCUT2D eigenvalue weighted by molar-refractivity contribution is -0.124. The molecule has 4 aromatic rings. The fourth-order valence-corrected chi connectivity index (χ4v) is 4.18. The molecule has 0 aliphatic carbocycles. The number of aromatic nitrogens is 3. The lowest BCUT2D eigenvalue weighted by Crippen LogP contribution is -2.31. The molecule has 0 unspecified atom stereocenters. The molecule has 3 heterocycles. The maximum atomic E-state index is 13.4. The average molecular weight is 446 g/mol. The maximum Gasteiger partial charge on any atom is 0.253 e. The van der Waals surface area contributed by atoms with Gasteiger partial charge in [-0.05, 0) is 48.9 Å². The van der Waals surface area contributed by atoms with Crippen molar-refractivity contribution < 1.29 is 9.59 Å². The first kappa shape index (κ1) is 20.2. The van der Waals surface area contributed by atoms with Crippen molar-refractivity contribution in [3.05, 3.63) is 83.1 Å². The van der Waals surface area contributed by atoms with Gasteiger partial charge in [-0.25, -0.2) is 4.98 Å². The number of amides is 2. The number of carbonyl (C=O) groups is 2. The Labute approximate surface area is 189 Å². The number of hydrogen-bond donors (Lipinski definition) is 1. The Kier molecular flexibility index (Phi) is 5.11. The number of rotatable bonds is 5. The first-order chi connectivity index (χ1) is 15.5. The molecule has 0 bridgehead atoms. The molecule has 2 aromatic heterocycles. The van der Waals surface area contributed by atoms with Gasteiger partial charge in [0.05, 0.1) is 29.7 Å². The Morgan fingerprint density at radius 1 is 1.12 bits per heavy atom. The van der Waals surface area contributed by atoms with Gasteiger partial charge in [0.1, 0.15) is 6.04 Å². The summed E-state index contributed by atoms with van der Waals surface area (Å²) in [5.41, 5.74) is 3.87. The van der Waals surface area contributed by atoms with Gasteiger partial charge in [0, 0.05) is 16.9 Å². The number of halogens is 1.